The Labute approximate surface area is 198 Å². The molecule has 1 N–H and O–H groups in total. The van der Waals surface area contributed by atoms with Gasteiger partial charge in [-0.15, -0.1) is 0 Å². The van der Waals surface area contributed by atoms with Gasteiger partial charge in [0, 0.05) is 6.08 Å². The fourth-order valence-electron chi connectivity index (χ4n) is 3.60. The molecule has 0 fully saturated rings. The highest BCUT2D eigenvalue weighted by Crippen LogP contribution is 2.60. The van der Waals surface area contributed by atoms with Gasteiger partial charge in [0.25, 0.3) is 5.95 Å². The van der Waals surface area contributed by atoms with Crippen molar-refractivity contribution in [1.29, 1.82) is 0 Å². The molecule has 0 aliphatic rings. The first kappa shape index (κ1) is 23.0. The van der Waals surface area contributed by atoms with Crippen LogP contribution < -0.4 is 21.2 Å². The topological polar surface area (TPSA) is 29.5 Å². The molecule has 0 atom stereocenters. The van der Waals surface area contributed by atoms with Crippen molar-refractivity contribution in [3.05, 3.63) is 144 Å². The lowest BCUT2D eigenvalue weighted by molar-refractivity contribution is 0.136. The lowest BCUT2D eigenvalue weighted by Gasteiger charge is -2.30. The molecule has 0 amide bonds. The second kappa shape index (κ2) is 11.6. The van der Waals surface area contributed by atoms with Crippen LogP contribution in [0.3, 0.4) is 0 Å². The number of rotatable bonds is 8. The zero-order chi connectivity index (χ0) is 22.9. The molecule has 0 saturated carbocycles. The maximum atomic E-state index is 10.2. The van der Waals surface area contributed by atoms with E-state index in [2.05, 4.69) is 127 Å². The second-order valence-corrected chi connectivity index (χ2v) is 12.0. The van der Waals surface area contributed by atoms with Crippen molar-refractivity contribution >= 4 is 37.1 Å². The first-order valence-electron chi connectivity index (χ1n) is 10.7. The van der Waals surface area contributed by atoms with Crippen LogP contribution in [0.25, 0.3) is 0 Å². The van der Waals surface area contributed by atoms with Gasteiger partial charge in [-0.25, -0.2) is 0 Å². The van der Waals surface area contributed by atoms with Gasteiger partial charge in [0.15, 0.2) is 0 Å². The number of benzene rings is 4. The third-order valence-corrected chi connectivity index (χ3v) is 10.8. The fraction of sp³-hybridized carbons (Fsp3) is 0.0345. The summed E-state index contributed by atoms with van der Waals surface area (Å²) in [6, 6.07) is 42.6. The van der Waals surface area contributed by atoms with Crippen molar-refractivity contribution in [3.8, 4) is 0 Å². The molecule has 164 valence electrons. The van der Waals surface area contributed by atoms with Crippen LogP contribution in [0.5, 0.6) is 0 Å². The number of methoxy groups -OCH3 is 1. The molecule has 2 nitrogen and oxygen atoms in total. The van der Waals surface area contributed by atoms with E-state index in [9.17, 15) is 5.11 Å². The Hall–Kier alpha value is -3.18. The Morgan fingerprint density at radius 3 is 1.12 bits per heavy atom. The molecule has 4 aromatic rings. The Morgan fingerprint density at radius 2 is 0.848 bits per heavy atom. The van der Waals surface area contributed by atoms with Crippen molar-refractivity contribution < 1.29 is 9.84 Å². The molecular formula is C29H26O2P2. The standard InChI is InChI=1S/C29H26O2P2/c1-31-28(30)22-23-29(32(24-14-6-2-7-15-24)25-16-8-3-9-17-25)33(26-18-10-4-11-19-26)27-20-12-5-13-21-27/h2-23,30H,1H3/b28-22-. The quantitative estimate of drug-likeness (QED) is 0.191. The largest absolute Gasteiger partial charge is 0.481 e. The van der Waals surface area contributed by atoms with Crippen molar-refractivity contribution in [2.45, 2.75) is 0 Å². The molecule has 0 aliphatic carbocycles. The highest BCUT2D eigenvalue weighted by Gasteiger charge is 2.27. The Bertz CT molecular complexity index is 1030. The minimum absolute atomic E-state index is 0.0975. The van der Waals surface area contributed by atoms with Gasteiger partial charge in [-0.1, -0.05) is 121 Å². The van der Waals surface area contributed by atoms with Gasteiger partial charge in [-0.05, 0) is 48.2 Å². The maximum Gasteiger partial charge on any atom is 0.276 e. The van der Waals surface area contributed by atoms with Crippen LogP contribution in [0.4, 0.5) is 0 Å². The molecule has 0 radical (unpaired) electrons. The summed E-state index contributed by atoms with van der Waals surface area (Å²) < 4.78 is 5.07. The number of aliphatic hydroxyl groups excluding tert-OH is 1. The van der Waals surface area contributed by atoms with Gasteiger partial charge < -0.3 is 9.84 Å². The Kier molecular flexibility index (Phi) is 8.09. The minimum Gasteiger partial charge on any atom is -0.481 e. The van der Waals surface area contributed by atoms with E-state index in [0.29, 0.717) is 0 Å². The van der Waals surface area contributed by atoms with Gasteiger partial charge in [-0.3, -0.25) is 0 Å². The fourth-order valence-corrected chi connectivity index (χ4v) is 9.77. The van der Waals surface area contributed by atoms with E-state index in [0.717, 1.165) is 0 Å². The summed E-state index contributed by atoms with van der Waals surface area (Å²) in [6.07, 6.45) is 3.74. The smallest absolute Gasteiger partial charge is 0.276 e. The van der Waals surface area contributed by atoms with Crippen molar-refractivity contribution in [1.82, 2.24) is 0 Å². The summed E-state index contributed by atoms with van der Waals surface area (Å²) in [7, 11) is -0.236. The molecule has 0 saturated heterocycles. The molecule has 0 aromatic heterocycles. The van der Waals surface area contributed by atoms with Crippen LogP contribution in [0, 0.1) is 0 Å². The average Bonchev–Trinajstić information content (AvgIpc) is 2.89. The average molecular weight is 468 g/mol. The zero-order valence-electron chi connectivity index (χ0n) is 18.5. The molecule has 4 heteroatoms. The summed E-state index contributed by atoms with van der Waals surface area (Å²) in [6.45, 7) is 0. The first-order valence-corrected chi connectivity index (χ1v) is 13.4. The van der Waals surface area contributed by atoms with Crippen LogP contribution in [-0.4, -0.2) is 12.2 Å². The van der Waals surface area contributed by atoms with Gasteiger partial charge in [0.05, 0.1) is 7.11 Å². The Morgan fingerprint density at radius 1 is 0.545 bits per heavy atom. The Balaban J connectivity index is 1.99. The molecular weight excluding hydrogens is 442 g/mol. The predicted molar refractivity (Wildman–Crippen MR) is 144 cm³/mol. The van der Waals surface area contributed by atoms with Crippen LogP contribution in [0.2, 0.25) is 0 Å². The number of ether oxygens (including phenoxy) is 1. The molecule has 0 heterocycles. The summed E-state index contributed by atoms with van der Waals surface area (Å²) in [5.74, 6) is -0.0975. The van der Waals surface area contributed by atoms with E-state index in [4.69, 9.17) is 4.74 Å². The lowest BCUT2D eigenvalue weighted by atomic mass is 10.4. The first-order chi connectivity index (χ1) is 16.3. The van der Waals surface area contributed by atoms with Crippen LogP contribution in [-0.2, 0) is 4.74 Å². The van der Waals surface area contributed by atoms with Crippen molar-refractivity contribution in [3.63, 3.8) is 0 Å². The van der Waals surface area contributed by atoms with Crippen LogP contribution in [0.15, 0.2) is 144 Å². The van der Waals surface area contributed by atoms with E-state index in [1.807, 2.05) is 0 Å². The SMILES string of the molecule is CO/C(O)=C\C=C(P(c1ccccc1)c1ccccc1)P(c1ccccc1)c1ccccc1. The van der Waals surface area contributed by atoms with E-state index in [-0.39, 0.29) is 5.95 Å². The third kappa shape index (κ3) is 5.79. The van der Waals surface area contributed by atoms with E-state index in [1.165, 1.54) is 33.4 Å². The van der Waals surface area contributed by atoms with E-state index in [1.54, 1.807) is 6.08 Å². The minimum atomic E-state index is -0.858. The summed E-state index contributed by atoms with van der Waals surface area (Å²) in [5, 5.41) is 16.5. The molecule has 33 heavy (non-hydrogen) atoms. The molecule has 4 rings (SSSR count). The monoisotopic (exact) mass is 468 g/mol. The number of hydrogen-bond donors (Lipinski definition) is 1. The van der Waals surface area contributed by atoms with E-state index >= 15 is 0 Å². The molecule has 4 aromatic carbocycles. The molecule has 0 aliphatic heterocycles. The maximum absolute atomic E-state index is 10.2. The van der Waals surface area contributed by atoms with Gasteiger partial charge in [0.1, 0.15) is 0 Å². The molecule has 0 spiro atoms. The van der Waals surface area contributed by atoms with E-state index < -0.39 is 15.8 Å². The number of hydrogen-bond acceptors (Lipinski definition) is 2. The van der Waals surface area contributed by atoms with Crippen molar-refractivity contribution in [2.75, 3.05) is 7.11 Å². The normalized spacial score (nSPS) is 11.4. The predicted octanol–water partition coefficient (Wildman–Crippen LogP) is 6.14. The van der Waals surface area contributed by atoms with Gasteiger partial charge >= 0.3 is 0 Å². The van der Waals surface area contributed by atoms with Crippen LogP contribution >= 0.6 is 15.8 Å². The lowest BCUT2D eigenvalue weighted by Crippen LogP contribution is -2.18. The highest BCUT2D eigenvalue weighted by molar-refractivity contribution is 7.94. The summed E-state index contributed by atoms with van der Waals surface area (Å²) >= 11 is 0. The molecule has 0 bridgehead atoms. The highest BCUT2D eigenvalue weighted by atomic mass is 31.2. The zero-order valence-corrected chi connectivity index (χ0v) is 20.2. The number of allylic oxidation sites excluding steroid dienone is 2. The summed E-state index contributed by atoms with van der Waals surface area (Å²) in [4.78, 5) is 0. The van der Waals surface area contributed by atoms with Crippen LogP contribution in [0.1, 0.15) is 0 Å². The van der Waals surface area contributed by atoms with Gasteiger partial charge in [0.2, 0.25) is 0 Å². The molecule has 0 unspecified atom stereocenters. The van der Waals surface area contributed by atoms with Gasteiger partial charge in [-0.2, -0.15) is 0 Å². The third-order valence-electron chi connectivity index (χ3n) is 5.10. The summed E-state index contributed by atoms with van der Waals surface area (Å²) in [5.41, 5.74) is 0. The second-order valence-electron chi connectivity index (χ2n) is 7.25. The number of aliphatic hydroxyl groups is 1. The van der Waals surface area contributed by atoms with Crippen molar-refractivity contribution in [2.24, 2.45) is 0 Å².